The Hall–Kier alpha value is -1.56. The number of primary sulfonamides is 1. The number of carbonyl (C=O) groups is 2. The first-order chi connectivity index (χ1) is 12.2. The Morgan fingerprint density at radius 2 is 1.52 bits per heavy atom. The molecule has 0 saturated heterocycles. The van der Waals surface area contributed by atoms with E-state index in [1.807, 2.05) is 0 Å². The molecule has 0 aliphatic carbocycles. The van der Waals surface area contributed by atoms with E-state index in [0.29, 0.717) is 17.2 Å². The fourth-order valence-corrected chi connectivity index (χ4v) is 2.91. The summed E-state index contributed by atoms with van der Waals surface area (Å²) in [5, 5.41) is 17.9. The van der Waals surface area contributed by atoms with Crippen molar-refractivity contribution in [1.82, 2.24) is 0 Å². The normalized spacial score (nSPS) is 10.6. The van der Waals surface area contributed by atoms with E-state index in [-0.39, 0.29) is 51.9 Å². The first kappa shape index (κ1) is 23.5. The molecule has 0 bridgehead atoms. The maximum atomic E-state index is 11.6. The smallest absolute Gasteiger partial charge is 0.549 e. The van der Waals surface area contributed by atoms with Crippen molar-refractivity contribution in [1.29, 1.82) is 0 Å². The van der Waals surface area contributed by atoms with Crippen LogP contribution in [-0.4, -0.2) is 31.8 Å². The van der Waals surface area contributed by atoms with Gasteiger partial charge in [0, 0.05) is 11.4 Å². The number of amides is 1. The molecule has 0 heterocycles. The standard InChI is InChI=1S/C16H16N2O6S2.Na/c17-26(22,23)14-7-5-13(6-8-14)24-12-3-1-11(2-4-12)18-15(19)9-25-10-16(20)21;/h1-8H,9-10H2,(H,18,19)(H,20,21)(H2,17,22,23);/q;+1/p-1. The van der Waals surface area contributed by atoms with Crippen LogP contribution in [0.3, 0.4) is 0 Å². The molecule has 0 radical (unpaired) electrons. The van der Waals surface area contributed by atoms with Crippen molar-refractivity contribution in [3.63, 3.8) is 0 Å². The maximum absolute atomic E-state index is 11.6. The van der Waals surface area contributed by atoms with E-state index in [1.54, 1.807) is 24.3 Å². The summed E-state index contributed by atoms with van der Waals surface area (Å²) in [6.45, 7) is 0. The fourth-order valence-electron chi connectivity index (χ4n) is 1.86. The average molecular weight is 418 g/mol. The van der Waals surface area contributed by atoms with E-state index in [4.69, 9.17) is 9.88 Å². The van der Waals surface area contributed by atoms with Gasteiger partial charge in [-0.15, -0.1) is 11.8 Å². The SMILES string of the molecule is NS(=O)(=O)c1ccc(Oc2ccc(NC(=O)CSCC(=O)[O-])cc2)cc1.[Na+]. The number of thioether (sulfide) groups is 1. The third-order valence-corrected chi connectivity index (χ3v) is 4.81. The Kier molecular flexibility index (Phi) is 9.30. The number of hydrogen-bond donors (Lipinski definition) is 2. The molecule has 8 nitrogen and oxygen atoms in total. The van der Waals surface area contributed by atoms with Crippen LogP contribution in [0.25, 0.3) is 0 Å². The van der Waals surface area contributed by atoms with Crippen molar-refractivity contribution in [2.75, 3.05) is 16.8 Å². The molecule has 11 heteroatoms. The minimum absolute atomic E-state index is 0. The quantitative estimate of drug-likeness (QED) is 0.454. The van der Waals surface area contributed by atoms with Crippen molar-refractivity contribution in [3.8, 4) is 11.5 Å². The summed E-state index contributed by atoms with van der Waals surface area (Å²) in [4.78, 5) is 21.9. The Morgan fingerprint density at radius 1 is 1.00 bits per heavy atom. The molecule has 0 unspecified atom stereocenters. The number of ether oxygens (including phenoxy) is 1. The van der Waals surface area contributed by atoms with Gasteiger partial charge < -0.3 is 20.0 Å². The van der Waals surface area contributed by atoms with E-state index in [1.165, 1.54) is 24.3 Å². The monoisotopic (exact) mass is 418 g/mol. The first-order valence-electron chi connectivity index (χ1n) is 7.22. The van der Waals surface area contributed by atoms with E-state index in [2.05, 4.69) is 5.32 Å². The summed E-state index contributed by atoms with van der Waals surface area (Å²) in [7, 11) is -3.75. The molecular weight excluding hydrogens is 403 g/mol. The minimum Gasteiger partial charge on any atom is -0.549 e. The van der Waals surface area contributed by atoms with Crippen LogP contribution in [0.15, 0.2) is 53.4 Å². The average Bonchev–Trinajstić information content (AvgIpc) is 2.56. The van der Waals surface area contributed by atoms with Gasteiger partial charge in [-0.05, 0) is 48.5 Å². The summed E-state index contributed by atoms with van der Waals surface area (Å²) >= 11 is 0.946. The number of benzene rings is 2. The van der Waals surface area contributed by atoms with Crippen LogP contribution in [0.2, 0.25) is 0 Å². The number of rotatable bonds is 8. The number of anilines is 1. The van der Waals surface area contributed by atoms with E-state index >= 15 is 0 Å². The Bertz CT molecular complexity index is 886. The van der Waals surface area contributed by atoms with Gasteiger partial charge in [0.2, 0.25) is 15.9 Å². The van der Waals surface area contributed by atoms with Crippen LogP contribution in [0, 0.1) is 0 Å². The van der Waals surface area contributed by atoms with Crippen molar-refractivity contribution in [3.05, 3.63) is 48.5 Å². The summed E-state index contributed by atoms with van der Waals surface area (Å²) in [5.41, 5.74) is 0.529. The summed E-state index contributed by atoms with van der Waals surface area (Å²) in [5.74, 6) is -0.886. The van der Waals surface area contributed by atoms with Crippen LogP contribution < -0.4 is 49.9 Å². The number of aliphatic carboxylic acids is 1. The molecule has 0 spiro atoms. The third-order valence-electron chi connectivity index (χ3n) is 2.98. The van der Waals surface area contributed by atoms with Gasteiger partial charge in [0.05, 0.1) is 16.6 Å². The molecular formula is C16H15N2NaO6S2. The molecule has 0 atom stereocenters. The van der Waals surface area contributed by atoms with Crippen LogP contribution in [-0.2, 0) is 19.6 Å². The number of nitrogens with two attached hydrogens (primary N) is 1. The Labute approximate surface area is 182 Å². The number of nitrogens with one attached hydrogen (secondary N) is 1. The summed E-state index contributed by atoms with van der Waals surface area (Å²) < 4.78 is 28.0. The molecule has 2 aromatic rings. The largest absolute Gasteiger partial charge is 1.00 e. The zero-order chi connectivity index (χ0) is 19.2. The predicted octanol–water partition coefficient (Wildman–Crippen LogP) is -2.45. The van der Waals surface area contributed by atoms with Crippen LogP contribution in [0.4, 0.5) is 5.69 Å². The van der Waals surface area contributed by atoms with Crippen molar-refractivity contribution < 1.29 is 57.4 Å². The van der Waals surface area contributed by atoms with Gasteiger partial charge in [-0.25, -0.2) is 13.6 Å². The Balaban J connectivity index is 0.00000364. The van der Waals surface area contributed by atoms with Gasteiger partial charge in [-0.3, -0.25) is 4.79 Å². The van der Waals surface area contributed by atoms with Crippen LogP contribution in [0.5, 0.6) is 11.5 Å². The molecule has 27 heavy (non-hydrogen) atoms. The molecule has 0 aliphatic heterocycles. The Morgan fingerprint density at radius 3 is 2.00 bits per heavy atom. The second kappa shape index (κ2) is 10.7. The molecule has 2 rings (SSSR count). The summed E-state index contributed by atoms with van der Waals surface area (Å²) in [6, 6.07) is 12.1. The van der Waals surface area contributed by atoms with Crippen LogP contribution >= 0.6 is 11.8 Å². The molecule has 0 saturated carbocycles. The van der Waals surface area contributed by atoms with Gasteiger partial charge in [-0.2, -0.15) is 0 Å². The van der Waals surface area contributed by atoms with E-state index in [9.17, 15) is 23.1 Å². The molecule has 0 aromatic heterocycles. The molecule has 2 aromatic carbocycles. The first-order valence-corrected chi connectivity index (χ1v) is 9.92. The van der Waals surface area contributed by atoms with Crippen LogP contribution in [0.1, 0.15) is 0 Å². The fraction of sp³-hybridized carbons (Fsp3) is 0.125. The number of carboxylic acids is 1. The second-order valence-electron chi connectivity index (χ2n) is 5.06. The van der Waals surface area contributed by atoms with Gasteiger partial charge in [0.1, 0.15) is 11.5 Å². The third kappa shape index (κ3) is 8.33. The maximum Gasteiger partial charge on any atom is 1.00 e. The van der Waals surface area contributed by atoms with E-state index in [0.717, 1.165) is 11.8 Å². The number of hydrogen-bond acceptors (Lipinski definition) is 7. The van der Waals surface area contributed by atoms with Crippen molar-refractivity contribution in [2.24, 2.45) is 5.14 Å². The van der Waals surface area contributed by atoms with Gasteiger partial charge >= 0.3 is 29.6 Å². The van der Waals surface area contributed by atoms with Crippen molar-refractivity contribution >= 4 is 39.3 Å². The van der Waals surface area contributed by atoms with Gasteiger partial charge in [-0.1, -0.05) is 0 Å². The number of sulfonamides is 1. The predicted molar refractivity (Wildman–Crippen MR) is 95.3 cm³/mol. The minimum atomic E-state index is -3.75. The van der Waals surface area contributed by atoms with Gasteiger partial charge in [0.25, 0.3) is 0 Å². The van der Waals surface area contributed by atoms with Gasteiger partial charge in [0.15, 0.2) is 0 Å². The molecule has 0 fully saturated rings. The molecule has 0 aliphatic rings. The molecule has 3 N–H and O–H groups in total. The topological polar surface area (TPSA) is 139 Å². The second-order valence-corrected chi connectivity index (χ2v) is 7.60. The zero-order valence-electron chi connectivity index (χ0n) is 14.4. The molecule has 1 amide bonds. The number of carboxylic acid groups (broad SMARTS) is 1. The van der Waals surface area contributed by atoms with E-state index < -0.39 is 16.0 Å². The van der Waals surface area contributed by atoms with Crippen molar-refractivity contribution in [2.45, 2.75) is 4.90 Å². The zero-order valence-corrected chi connectivity index (χ0v) is 18.0. The molecule has 138 valence electrons. The number of carbonyl (C=O) groups excluding carboxylic acids is 2. The summed E-state index contributed by atoms with van der Waals surface area (Å²) in [6.07, 6.45) is 0.